The lowest BCUT2D eigenvalue weighted by atomic mass is 9.81. The van der Waals surface area contributed by atoms with Crippen molar-refractivity contribution in [2.45, 2.75) is 51.5 Å². The molecule has 0 radical (unpaired) electrons. The minimum absolute atomic E-state index is 0.0390. The van der Waals surface area contributed by atoms with E-state index in [-0.39, 0.29) is 23.7 Å². The number of rotatable bonds is 5. The van der Waals surface area contributed by atoms with Gasteiger partial charge in [-0.25, -0.2) is 4.90 Å². The number of amides is 2. The molecule has 0 aromatic heterocycles. The minimum Gasteiger partial charge on any atom is -0.372 e. The van der Waals surface area contributed by atoms with Crippen molar-refractivity contribution in [1.29, 1.82) is 0 Å². The van der Waals surface area contributed by atoms with E-state index in [2.05, 4.69) is 36.2 Å². The largest absolute Gasteiger partial charge is 0.372 e. The second-order valence-electron chi connectivity index (χ2n) is 8.61. The summed E-state index contributed by atoms with van der Waals surface area (Å²) < 4.78 is 0. The van der Waals surface area contributed by atoms with Gasteiger partial charge in [0.05, 0.1) is 18.9 Å². The van der Waals surface area contributed by atoms with Crippen molar-refractivity contribution in [3.8, 4) is 0 Å². The Bertz CT molecular complexity index is 657. The monoisotopic (exact) mass is 370 g/mol. The summed E-state index contributed by atoms with van der Waals surface area (Å²) in [6.07, 6.45) is 7.87. The molecule has 2 saturated heterocycles. The Morgan fingerprint density at radius 1 is 0.889 bits per heavy atom. The van der Waals surface area contributed by atoms with Gasteiger partial charge in [-0.05, 0) is 44.2 Å². The number of anilines is 1. The van der Waals surface area contributed by atoms with E-state index < -0.39 is 0 Å². The quantitative estimate of drug-likeness (QED) is 0.805. The number of piperidine rings is 1. The van der Waals surface area contributed by atoms with Crippen LogP contribution in [0.4, 0.5) is 5.69 Å². The van der Waals surface area contributed by atoms with E-state index in [4.69, 9.17) is 0 Å². The number of quaternary nitrogens is 1. The predicted octanol–water partition coefficient (Wildman–Crippen LogP) is 1.82. The Balaban J connectivity index is 1.34. The van der Waals surface area contributed by atoms with E-state index in [1.807, 2.05) is 0 Å². The molecule has 1 aliphatic carbocycles. The second kappa shape index (κ2) is 8.01. The Morgan fingerprint density at radius 3 is 2.07 bits per heavy atom. The number of carbonyl (C=O) groups is 2. The molecule has 0 bridgehead atoms. The first-order chi connectivity index (χ1) is 13.1. The van der Waals surface area contributed by atoms with Gasteiger partial charge in [-0.2, -0.15) is 0 Å². The highest BCUT2D eigenvalue weighted by Gasteiger charge is 2.48. The van der Waals surface area contributed by atoms with Crippen molar-refractivity contribution in [1.82, 2.24) is 4.90 Å². The van der Waals surface area contributed by atoms with E-state index >= 15 is 0 Å². The highest BCUT2D eigenvalue weighted by atomic mass is 16.2. The van der Waals surface area contributed by atoms with Crippen LogP contribution in [0.2, 0.25) is 0 Å². The van der Waals surface area contributed by atoms with Crippen LogP contribution in [0.3, 0.4) is 0 Å². The maximum absolute atomic E-state index is 12.6. The van der Waals surface area contributed by atoms with Crippen LogP contribution in [0.25, 0.3) is 0 Å². The molecular formula is C22H32N3O2+. The van der Waals surface area contributed by atoms with Crippen molar-refractivity contribution >= 4 is 17.5 Å². The van der Waals surface area contributed by atoms with Gasteiger partial charge < -0.3 is 9.80 Å². The van der Waals surface area contributed by atoms with Crippen LogP contribution in [0.5, 0.6) is 0 Å². The van der Waals surface area contributed by atoms with Crippen molar-refractivity contribution in [2.24, 2.45) is 11.8 Å². The van der Waals surface area contributed by atoms with E-state index in [9.17, 15) is 9.59 Å². The topological polar surface area (TPSA) is 45.1 Å². The Labute approximate surface area is 162 Å². The van der Waals surface area contributed by atoms with Gasteiger partial charge in [-0.15, -0.1) is 0 Å². The van der Waals surface area contributed by atoms with Crippen LogP contribution in [-0.4, -0.2) is 43.5 Å². The first-order valence-corrected chi connectivity index (χ1v) is 10.6. The van der Waals surface area contributed by atoms with E-state index in [1.54, 1.807) is 0 Å². The SMILES string of the molecule is C[NH+](Cc1ccc(N2CCCCC2)cc1)CN1C(=O)[C@H]2CCCC[C@@H]2C1=O. The van der Waals surface area contributed by atoms with Gasteiger partial charge in [-0.1, -0.05) is 25.0 Å². The van der Waals surface area contributed by atoms with Crippen molar-refractivity contribution < 1.29 is 14.5 Å². The van der Waals surface area contributed by atoms with Crippen molar-refractivity contribution in [2.75, 3.05) is 31.7 Å². The average molecular weight is 371 g/mol. The maximum atomic E-state index is 12.6. The van der Waals surface area contributed by atoms with Gasteiger partial charge in [-0.3, -0.25) is 9.59 Å². The molecule has 1 unspecified atom stereocenters. The molecule has 2 amide bonds. The molecule has 3 aliphatic rings. The van der Waals surface area contributed by atoms with E-state index in [0.29, 0.717) is 6.67 Å². The highest BCUT2D eigenvalue weighted by molar-refractivity contribution is 6.05. The molecule has 3 fully saturated rings. The number of hydrogen-bond acceptors (Lipinski definition) is 3. The summed E-state index contributed by atoms with van der Waals surface area (Å²) in [5.41, 5.74) is 2.56. The first kappa shape index (κ1) is 18.5. The Hall–Kier alpha value is -1.88. The number of nitrogens with zero attached hydrogens (tertiary/aromatic N) is 2. The molecule has 3 atom stereocenters. The fourth-order valence-electron chi connectivity index (χ4n) is 5.04. The summed E-state index contributed by atoms with van der Waals surface area (Å²) in [6, 6.07) is 8.82. The molecule has 5 nitrogen and oxygen atoms in total. The van der Waals surface area contributed by atoms with Crippen LogP contribution in [0.15, 0.2) is 24.3 Å². The Morgan fingerprint density at radius 2 is 1.48 bits per heavy atom. The van der Waals surface area contributed by atoms with Crippen LogP contribution in [0.1, 0.15) is 50.5 Å². The smallest absolute Gasteiger partial charge is 0.237 e. The zero-order chi connectivity index (χ0) is 18.8. The first-order valence-electron chi connectivity index (χ1n) is 10.6. The van der Waals surface area contributed by atoms with Gasteiger partial charge in [0.1, 0.15) is 6.54 Å². The van der Waals surface area contributed by atoms with Crippen LogP contribution >= 0.6 is 0 Å². The molecular weight excluding hydrogens is 338 g/mol. The lowest BCUT2D eigenvalue weighted by molar-refractivity contribution is -0.901. The van der Waals surface area contributed by atoms with Gasteiger partial charge in [0.2, 0.25) is 11.8 Å². The average Bonchev–Trinajstić information content (AvgIpc) is 2.94. The summed E-state index contributed by atoms with van der Waals surface area (Å²) >= 11 is 0. The normalized spacial score (nSPS) is 27.0. The van der Waals surface area contributed by atoms with Crippen LogP contribution in [0, 0.1) is 11.8 Å². The van der Waals surface area contributed by atoms with Gasteiger partial charge in [0.25, 0.3) is 0 Å². The maximum Gasteiger partial charge on any atom is 0.237 e. The number of nitrogens with one attached hydrogen (secondary N) is 1. The number of imide groups is 1. The molecule has 2 aliphatic heterocycles. The third-order valence-electron chi connectivity index (χ3n) is 6.52. The number of fused-ring (bicyclic) bond motifs is 1. The summed E-state index contributed by atoms with van der Waals surface area (Å²) in [5.74, 6) is 0.0692. The number of benzene rings is 1. The fourth-order valence-corrected chi connectivity index (χ4v) is 5.04. The van der Waals surface area contributed by atoms with E-state index in [0.717, 1.165) is 45.3 Å². The molecule has 0 spiro atoms. The lowest BCUT2D eigenvalue weighted by Gasteiger charge is -2.29. The molecule has 1 aromatic carbocycles. The van der Waals surface area contributed by atoms with Gasteiger partial charge >= 0.3 is 0 Å². The molecule has 5 heteroatoms. The molecule has 4 rings (SSSR count). The van der Waals surface area contributed by atoms with Gasteiger partial charge in [0, 0.05) is 24.3 Å². The molecule has 2 heterocycles. The highest BCUT2D eigenvalue weighted by Crippen LogP contribution is 2.37. The third kappa shape index (κ3) is 3.88. The lowest BCUT2D eigenvalue weighted by Crippen LogP contribution is -3.09. The molecule has 146 valence electrons. The van der Waals surface area contributed by atoms with E-state index in [1.165, 1.54) is 40.3 Å². The standard InChI is InChI=1S/C22H31N3O2/c1-23(16-25-21(26)19-7-3-4-8-20(19)22(25)27)15-17-9-11-18(12-10-17)24-13-5-2-6-14-24/h9-12,19-20H,2-8,13-16H2,1H3/p+1/t19-,20-/m0/s1. The summed E-state index contributed by atoms with van der Waals surface area (Å²) in [4.78, 5) is 30.5. The minimum atomic E-state index is -0.0390. The zero-order valence-electron chi connectivity index (χ0n) is 16.5. The van der Waals surface area contributed by atoms with Crippen molar-refractivity contribution in [3.63, 3.8) is 0 Å². The number of carbonyl (C=O) groups excluding carboxylic acids is 2. The predicted molar refractivity (Wildman–Crippen MR) is 105 cm³/mol. The summed E-state index contributed by atoms with van der Waals surface area (Å²) in [5, 5.41) is 0. The van der Waals surface area contributed by atoms with Crippen molar-refractivity contribution in [3.05, 3.63) is 29.8 Å². The summed E-state index contributed by atoms with van der Waals surface area (Å²) in [7, 11) is 2.07. The second-order valence-corrected chi connectivity index (χ2v) is 8.61. The number of likely N-dealkylation sites (tertiary alicyclic amines) is 1. The summed E-state index contributed by atoms with van der Waals surface area (Å²) in [6.45, 7) is 3.63. The van der Waals surface area contributed by atoms with Crippen LogP contribution < -0.4 is 9.80 Å². The number of hydrogen-bond donors (Lipinski definition) is 1. The fraction of sp³-hybridized carbons (Fsp3) is 0.636. The molecule has 27 heavy (non-hydrogen) atoms. The molecule has 1 N–H and O–H groups in total. The Kier molecular flexibility index (Phi) is 5.48. The third-order valence-corrected chi connectivity index (χ3v) is 6.52. The zero-order valence-corrected chi connectivity index (χ0v) is 16.5. The molecule has 1 aromatic rings. The molecule has 1 saturated carbocycles. The van der Waals surface area contributed by atoms with Gasteiger partial charge in [0.15, 0.2) is 6.67 Å². The van der Waals surface area contributed by atoms with Crippen LogP contribution in [-0.2, 0) is 16.1 Å².